The van der Waals surface area contributed by atoms with E-state index in [2.05, 4.69) is 10.3 Å². The maximum Gasteiger partial charge on any atom is 0.220 e. The maximum atomic E-state index is 11.4. The lowest BCUT2D eigenvalue weighted by Gasteiger charge is -2.20. The van der Waals surface area contributed by atoms with Crippen molar-refractivity contribution in [2.45, 2.75) is 39.2 Å². The Hall–Kier alpha value is -0.900. The zero-order chi connectivity index (χ0) is 10.6. The highest BCUT2D eigenvalue weighted by Crippen LogP contribution is 2.05. The van der Waals surface area contributed by atoms with Gasteiger partial charge in [-0.25, -0.2) is 4.98 Å². The van der Waals surface area contributed by atoms with Gasteiger partial charge in [0.25, 0.3) is 0 Å². The van der Waals surface area contributed by atoms with Gasteiger partial charge in [0.05, 0.1) is 11.2 Å². The van der Waals surface area contributed by atoms with Crippen molar-refractivity contribution in [3.63, 3.8) is 0 Å². The van der Waals surface area contributed by atoms with Crippen molar-refractivity contribution >= 4 is 17.2 Å². The van der Waals surface area contributed by atoms with Gasteiger partial charge in [-0.05, 0) is 27.2 Å². The molecule has 0 spiro atoms. The molecule has 0 atom stereocenters. The van der Waals surface area contributed by atoms with Gasteiger partial charge in [0.15, 0.2) is 0 Å². The van der Waals surface area contributed by atoms with E-state index in [0.717, 1.165) is 12.1 Å². The van der Waals surface area contributed by atoms with Gasteiger partial charge in [0, 0.05) is 17.3 Å². The number of rotatable bonds is 3. The molecule has 0 aliphatic heterocycles. The second kappa shape index (κ2) is 4.55. The van der Waals surface area contributed by atoms with Crippen molar-refractivity contribution in [3.05, 3.63) is 16.6 Å². The summed E-state index contributed by atoms with van der Waals surface area (Å²) in [5.74, 6) is 0.0884. The largest absolute Gasteiger partial charge is 0.351 e. The summed E-state index contributed by atoms with van der Waals surface area (Å²) in [4.78, 5) is 15.5. The third kappa shape index (κ3) is 4.37. The molecule has 1 amide bonds. The number of aromatic nitrogens is 1. The monoisotopic (exact) mass is 212 g/mol. The molecule has 4 heteroatoms. The normalized spacial score (nSPS) is 11.4. The van der Waals surface area contributed by atoms with Gasteiger partial charge in [-0.2, -0.15) is 0 Å². The van der Waals surface area contributed by atoms with E-state index >= 15 is 0 Å². The number of hydrogen-bond donors (Lipinski definition) is 1. The Balaban J connectivity index is 2.29. The van der Waals surface area contributed by atoms with Crippen molar-refractivity contribution in [2.24, 2.45) is 0 Å². The topological polar surface area (TPSA) is 42.0 Å². The molecule has 0 unspecified atom stereocenters. The van der Waals surface area contributed by atoms with Crippen LogP contribution in [-0.4, -0.2) is 16.4 Å². The number of nitrogens with zero attached hydrogens (tertiary/aromatic N) is 1. The molecule has 0 fully saturated rings. The van der Waals surface area contributed by atoms with E-state index < -0.39 is 0 Å². The molecule has 14 heavy (non-hydrogen) atoms. The van der Waals surface area contributed by atoms with Crippen LogP contribution in [0.4, 0.5) is 0 Å². The highest BCUT2D eigenvalue weighted by Gasteiger charge is 2.13. The number of thiazole rings is 1. The molecular formula is C10H16N2OS. The van der Waals surface area contributed by atoms with Crippen LogP contribution in [0.5, 0.6) is 0 Å². The van der Waals surface area contributed by atoms with Crippen molar-refractivity contribution in [3.8, 4) is 0 Å². The van der Waals surface area contributed by atoms with Crippen LogP contribution in [0.2, 0.25) is 0 Å². The van der Waals surface area contributed by atoms with Crippen LogP contribution >= 0.6 is 11.3 Å². The van der Waals surface area contributed by atoms with Gasteiger partial charge >= 0.3 is 0 Å². The van der Waals surface area contributed by atoms with Gasteiger partial charge in [0.2, 0.25) is 5.91 Å². The lowest BCUT2D eigenvalue weighted by atomic mass is 10.1. The molecule has 0 bridgehead atoms. The van der Waals surface area contributed by atoms with Gasteiger partial charge in [-0.15, -0.1) is 11.3 Å². The van der Waals surface area contributed by atoms with E-state index in [1.54, 1.807) is 16.8 Å². The molecule has 0 aromatic carbocycles. The third-order valence-corrected chi connectivity index (χ3v) is 2.24. The number of nitrogens with one attached hydrogen (secondary N) is 1. The summed E-state index contributed by atoms with van der Waals surface area (Å²) in [5.41, 5.74) is 2.65. The molecule has 0 saturated heterocycles. The first-order valence-corrected chi connectivity index (χ1v) is 5.60. The number of amides is 1. The Morgan fingerprint density at radius 3 is 2.79 bits per heavy atom. The van der Waals surface area contributed by atoms with Crippen LogP contribution in [0.1, 0.15) is 32.9 Å². The van der Waals surface area contributed by atoms with E-state index in [1.807, 2.05) is 26.2 Å². The average molecular weight is 212 g/mol. The number of hydrogen-bond acceptors (Lipinski definition) is 3. The fourth-order valence-corrected chi connectivity index (χ4v) is 1.68. The Morgan fingerprint density at radius 2 is 2.29 bits per heavy atom. The average Bonchev–Trinajstić information content (AvgIpc) is 2.49. The standard InChI is InChI=1S/C10H16N2OS/c1-10(2,3)12-9(13)5-4-8-6-14-7-11-8/h6-7H,4-5H2,1-3H3,(H,12,13). The molecule has 0 radical (unpaired) electrons. The van der Waals surface area contributed by atoms with Crippen LogP contribution in [0.3, 0.4) is 0 Å². The lowest BCUT2D eigenvalue weighted by Crippen LogP contribution is -2.40. The molecule has 0 aliphatic carbocycles. The molecular weight excluding hydrogens is 196 g/mol. The predicted octanol–water partition coefficient (Wildman–Crippen LogP) is 1.99. The maximum absolute atomic E-state index is 11.4. The lowest BCUT2D eigenvalue weighted by molar-refractivity contribution is -0.122. The minimum absolute atomic E-state index is 0.0884. The summed E-state index contributed by atoms with van der Waals surface area (Å²) in [5, 5.41) is 4.89. The SMILES string of the molecule is CC(C)(C)NC(=O)CCc1cscn1. The van der Waals surface area contributed by atoms with Gasteiger partial charge in [-0.3, -0.25) is 4.79 Å². The smallest absolute Gasteiger partial charge is 0.220 e. The zero-order valence-corrected chi connectivity index (χ0v) is 9.65. The highest BCUT2D eigenvalue weighted by atomic mass is 32.1. The first-order chi connectivity index (χ1) is 6.47. The van der Waals surface area contributed by atoms with Crippen LogP contribution in [0.25, 0.3) is 0 Å². The van der Waals surface area contributed by atoms with Crippen molar-refractivity contribution in [2.75, 3.05) is 0 Å². The van der Waals surface area contributed by atoms with E-state index in [1.165, 1.54) is 0 Å². The highest BCUT2D eigenvalue weighted by molar-refractivity contribution is 7.07. The van der Waals surface area contributed by atoms with Crippen LogP contribution in [0.15, 0.2) is 10.9 Å². The number of carbonyl (C=O) groups excluding carboxylic acids is 1. The molecule has 1 N–H and O–H groups in total. The minimum atomic E-state index is -0.140. The third-order valence-electron chi connectivity index (χ3n) is 1.61. The summed E-state index contributed by atoms with van der Waals surface area (Å²) >= 11 is 1.56. The van der Waals surface area contributed by atoms with Crippen molar-refractivity contribution in [1.82, 2.24) is 10.3 Å². The molecule has 1 aromatic heterocycles. The summed E-state index contributed by atoms with van der Waals surface area (Å²) in [6, 6.07) is 0. The fourth-order valence-electron chi connectivity index (χ4n) is 1.08. The number of aryl methyl sites for hydroxylation is 1. The molecule has 78 valence electrons. The predicted molar refractivity (Wildman–Crippen MR) is 58.3 cm³/mol. The van der Waals surface area contributed by atoms with Gasteiger partial charge in [0.1, 0.15) is 0 Å². The van der Waals surface area contributed by atoms with Gasteiger partial charge < -0.3 is 5.32 Å². The Morgan fingerprint density at radius 1 is 1.57 bits per heavy atom. The molecule has 0 aliphatic rings. The van der Waals surface area contributed by atoms with E-state index in [-0.39, 0.29) is 11.4 Å². The fraction of sp³-hybridized carbons (Fsp3) is 0.600. The van der Waals surface area contributed by atoms with E-state index in [9.17, 15) is 4.79 Å². The van der Waals surface area contributed by atoms with E-state index in [0.29, 0.717) is 6.42 Å². The molecule has 1 rings (SSSR count). The quantitative estimate of drug-likeness (QED) is 0.832. The van der Waals surface area contributed by atoms with Gasteiger partial charge in [-0.1, -0.05) is 0 Å². The minimum Gasteiger partial charge on any atom is -0.351 e. The summed E-state index contributed by atoms with van der Waals surface area (Å²) in [7, 11) is 0. The van der Waals surface area contributed by atoms with Crippen LogP contribution < -0.4 is 5.32 Å². The Bertz CT molecular complexity index is 288. The molecule has 1 aromatic rings. The number of carbonyl (C=O) groups is 1. The van der Waals surface area contributed by atoms with Crippen LogP contribution in [-0.2, 0) is 11.2 Å². The summed E-state index contributed by atoms with van der Waals surface area (Å²) in [6.45, 7) is 5.94. The summed E-state index contributed by atoms with van der Waals surface area (Å²) < 4.78 is 0. The molecule has 1 heterocycles. The van der Waals surface area contributed by atoms with Crippen molar-refractivity contribution in [1.29, 1.82) is 0 Å². The van der Waals surface area contributed by atoms with E-state index in [4.69, 9.17) is 0 Å². The first kappa shape index (κ1) is 11.2. The first-order valence-electron chi connectivity index (χ1n) is 4.65. The Labute approximate surface area is 88.6 Å². The zero-order valence-electron chi connectivity index (χ0n) is 8.83. The second-order valence-electron chi connectivity index (χ2n) is 4.28. The Kier molecular flexibility index (Phi) is 3.63. The van der Waals surface area contributed by atoms with Crippen LogP contribution in [0, 0.1) is 0 Å². The van der Waals surface area contributed by atoms with Crippen molar-refractivity contribution < 1.29 is 4.79 Å². The second-order valence-corrected chi connectivity index (χ2v) is 5.00. The molecule has 3 nitrogen and oxygen atoms in total. The summed E-state index contributed by atoms with van der Waals surface area (Å²) in [6.07, 6.45) is 1.24. The molecule has 0 saturated carbocycles.